The molecule has 2 unspecified atom stereocenters. The van der Waals surface area contributed by atoms with Crippen molar-refractivity contribution >= 4 is 21.9 Å². The van der Waals surface area contributed by atoms with E-state index in [2.05, 4.69) is 15.9 Å². The average Bonchev–Trinajstić information content (AvgIpc) is 2.15. The second-order valence-electron chi connectivity index (χ2n) is 3.12. The number of esters is 1. The standard InChI is InChI=1S/C9H18BrNO2/c1-3-7(2)8(11)9(12)13-6-4-5-10/h7-8H,3-6,11H2,1-2H3. The lowest BCUT2D eigenvalue weighted by atomic mass is 10.0. The minimum absolute atomic E-state index is 0.191. The predicted octanol–water partition coefficient (Wildman–Crippen LogP) is 1.69. The van der Waals surface area contributed by atoms with Crippen molar-refractivity contribution in [3.05, 3.63) is 0 Å². The Morgan fingerprint density at radius 2 is 2.23 bits per heavy atom. The van der Waals surface area contributed by atoms with Crippen LogP contribution in [0.3, 0.4) is 0 Å². The summed E-state index contributed by atoms with van der Waals surface area (Å²) >= 11 is 3.26. The maximum Gasteiger partial charge on any atom is 0.323 e. The normalized spacial score (nSPS) is 15.1. The number of ether oxygens (including phenoxy) is 1. The quantitative estimate of drug-likeness (QED) is 0.444. The fourth-order valence-corrected chi connectivity index (χ4v) is 1.04. The van der Waals surface area contributed by atoms with Gasteiger partial charge < -0.3 is 10.5 Å². The van der Waals surface area contributed by atoms with Gasteiger partial charge in [-0.1, -0.05) is 36.2 Å². The highest BCUT2D eigenvalue weighted by Crippen LogP contribution is 2.06. The SMILES string of the molecule is CCC(C)C(N)C(=O)OCCCBr. The summed E-state index contributed by atoms with van der Waals surface area (Å²) < 4.78 is 4.97. The van der Waals surface area contributed by atoms with Crippen molar-refractivity contribution in [1.82, 2.24) is 0 Å². The molecule has 0 aromatic carbocycles. The van der Waals surface area contributed by atoms with Crippen LogP contribution < -0.4 is 5.73 Å². The minimum Gasteiger partial charge on any atom is -0.464 e. The molecule has 78 valence electrons. The zero-order valence-electron chi connectivity index (χ0n) is 8.25. The fourth-order valence-electron chi connectivity index (χ4n) is 0.810. The Morgan fingerprint density at radius 1 is 1.62 bits per heavy atom. The Kier molecular flexibility index (Phi) is 7.28. The van der Waals surface area contributed by atoms with E-state index in [9.17, 15) is 4.79 Å². The third-order valence-corrected chi connectivity index (χ3v) is 2.61. The van der Waals surface area contributed by atoms with Gasteiger partial charge in [-0.25, -0.2) is 0 Å². The monoisotopic (exact) mass is 251 g/mol. The molecule has 0 amide bonds. The lowest BCUT2D eigenvalue weighted by Crippen LogP contribution is -2.38. The van der Waals surface area contributed by atoms with Gasteiger partial charge in [0.15, 0.2) is 0 Å². The van der Waals surface area contributed by atoms with Crippen molar-refractivity contribution in [3.63, 3.8) is 0 Å². The van der Waals surface area contributed by atoms with E-state index in [-0.39, 0.29) is 11.9 Å². The highest BCUT2D eigenvalue weighted by Gasteiger charge is 2.20. The smallest absolute Gasteiger partial charge is 0.323 e. The molecule has 2 N–H and O–H groups in total. The van der Waals surface area contributed by atoms with Crippen molar-refractivity contribution in [2.45, 2.75) is 32.7 Å². The predicted molar refractivity (Wildman–Crippen MR) is 56.8 cm³/mol. The number of hydrogen-bond acceptors (Lipinski definition) is 3. The van der Waals surface area contributed by atoms with Crippen LogP contribution >= 0.6 is 15.9 Å². The largest absolute Gasteiger partial charge is 0.464 e. The van der Waals surface area contributed by atoms with Crippen LogP contribution in [0, 0.1) is 5.92 Å². The van der Waals surface area contributed by atoms with E-state index in [0.717, 1.165) is 18.2 Å². The zero-order chi connectivity index (χ0) is 10.3. The minimum atomic E-state index is -0.472. The molecule has 0 heterocycles. The second kappa shape index (κ2) is 7.33. The molecule has 4 heteroatoms. The van der Waals surface area contributed by atoms with Crippen LogP contribution in [-0.2, 0) is 9.53 Å². The van der Waals surface area contributed by atoms with Gasteiger partial charge in [0.25, 0.3) is 0 Å². The van der Waals surface area contributed by atoms with Crippen molar-refractivity contribution in [2.24, 2.45) is 11.7 Å². The summed E-state index contributed by atoms with van der Waals surface area (Å²) in [6.07, 6.45) is 1.73. The molecule has 0 saturated heterocycles. The number of carbonyl (C=O) groups is 1. The lowest BCUT2D eigenvalue weighted by molar-refractivity contribution is -0.146. The molecule has 3 nitrogen and oxygen atoms in total. The summed E-state index contributed by atoms with van der Waals surface area (Å²) in [6.45, 7) is 4.42. The first-order valence-corrected chi connectivity index (χ1v) is 5.73. The average molecular weight is 252 g/mol. The summed E-state index contributed by atoms with van der Waals surface area (Å²) in [5.41, 5.74) is 5.67. The van der Waals surface area contributed by atoms with E-state index in [1.54, 1.807) is 0 Å². The van der Waals surface area contributed by atoms with Crippen molar-refractivity contribution in [1.29, 1.82) is 0 Å². The van der Waals surface area contributed by atoms with Crippen molar-refractivity contribution in [2.75, 3.05) is 11.9 Å². The lowest BCUT2D eigenvalue weighted by Gasteiger charge is -2.16. The van der Waals surface area contributed by atoms with E-state index in [1.165, 1.54) is 0 Å². The first-order chi connectivity index (χ1) is 6.13. The number of halogens is 1. The summed E-state index contributed by atoms with van der Waals surface area (Å²) in [6, 6.07) is -0.472. The Labute approximate surface area is 88.1 Å². The van der Waals surface area contributed by atoms with Gasteiger partial charge in [-0.2, -0.15) is 0 Å². The molecule has 0 aliphatic carbocycles. The van der Waals surface area contributed by atoms with Crippen molar-refractivity contribution < 1.29 is 9.53 Å². The summed E-state index contributed by atoms with van der Waals surface area (Å²) in [4.78, 5) is 11.3. The zero-order valence-corrected chi connectivity index (χ0v) is 9.84. The fraction of sp³-hybridized carbons (Fsp3) is 0.889. The molecule has 0 aromatic heterocycles. The number of carbonyl (C=O) groups excluding carboxylic acids is 1. The third-order valence-electron chi connectivity index (χ3n) is 2.05. The first kappa shape index (κ1) is 12.9. The molecule has 0 saturated carbocycles. The van der Waals surface area contributed by atoms with Gasteiger partial charge >= 0.3 is 5.97 Å². The van der Waals surface area contributed by atoms with Crippen LogP contribution in [0.1, 0.15) is 26.7 Å². The number of nitrogens with two attached hydrogens (primary N) is 1. The summed E-state index contributed by atoms with van der Waals surface area (Å²) in [7, 11) is 0. The molecule has 0 fully saturated rings. The number of alkyl halides is 1. The van der Waals surface area contributed by atoms with E-state index in [0.29, 0.717) is 6.61 Å². The van der Waals surface area contributed by atoms with Crippen LogP contribution in [0.2, 0.25) is 0 Å². The van der Waals surface area contributed by atoms with Gasteiger partial charge in [0.05, 0.1) is 6.61 Å². The Morgan fingerprint density at radius 3 is 2.69 bits per heavy atom. The van der Waals surface area contributed by atoms with Crippen LogP contribution in [0.25, 0.3) is 0 Å². The molecule has 0 aliphatic rings. The third kappa shape index (κ3) is 5.26. The van der Waals surface area contributed by atoms with E-state index in [4.69, 9.17) is 10.5 Å². The molecule has 0 spiro atoms. The molecule has 0 bridgehead atoms. The van der Waals surface area contributed by atoms with E-state index < -0.39 is 6.04 Å². The molecule has 2 atom stereocenters. The summed E-state index contributed by atoms with van der Waals surface area (Å²) in [5, 5.41) is 0.846. The maximum atomic E-state index is 11.3. The van der Waals surface area contributed by atoms with Gasteiger partial charge in [0, 0.05) is 5.33 Å². The van der Waals surface area contributed by atoms with Crippen LogP contribution in [-0.4, -0.2) is 23.9 Å². The number of rotatable bonds is 6. The van der Waals surface area contributed by atoms with Gasteiger partial charge in [-0.15, -0.1) is 0 Å². The Hall–Kier alpha value is -0.0900. The molecule has 0 rings (SSSR count). The van der Waals surface area contributed by atoms with Gasteiger partial charge in [-0.3, -0.25) is 4.79 Å². The molecule has 13 heavy (non-hydrogen) atoms. The van der Waals surface area contributed by atoms with Gasteiger partial charge in [0.2, 0.25) is 0 Å². The highest BCUT2D eigenvalue weighted by atomic mass is 79.9. The Balaban J connectivity index is 3.69. The topological polar surface area (TPSA) is 52.3 Å². The number of hydrogen-bond donors (Lipinski definition) is 1. The van der Waals surface area contributed by atoms with E-state index >= 15 is 0 Å². The molecule has 0 aliphatic heterocycles. The van der Waals surface area contributed by atoms with Crippen molar-refractivity contribution in [3.8, 4) is 0 Å². The van der Waals surface area contributed by atoms with E-state index in [1.807, 2.05) is 13.8 Å². The van der Waals surface area contributed by atoms with Gasteiger partial charge in [-0.05, 0) is 12.3 Å². The van der Waals surface area contributed by atoms with Crippen LogP contribution in [0.5, 0.6) is 0 Å². The summed E-state index contributed by atoms with van der Waals surface area (Å²) in [5.74, 6) is -0.0910. The van der Waals surface area contributed by atoms with Crippen LogP contribution in [0.4, 0.5) is 0 Å². The van der Waals surface area contributed by atoms with Crippen LogP contribution in [0.15, 0.2) is 0 Å². The molecule has 0 aromatic rings. The Bertz CT molecular complexity index is 153. The highest BCUT2D eigenvalue weighted by molar-refractivity contribution is 9.09. The maximum absolute atomic E-state index is 11.3. The molecular formula is C9H18BrNO2. The first-order valence-electron chi connectivity index (χ1n) is 4.61. The van der Waals surface area contributed by atoms with Gasteiger partial charge in [0.1, 0.15) is 6.04 Å². The molecule has 0 radical (unpaired) electrons. The second-order valence-corrected chi connectivity index (χ2v) is 3.91. The molecular weight excluding hydrogens is 234 g/mol.